The maximum atomic E-state index is 10.8. The first-order chi connectivity index (χ1) is 7.00. The van der Waals surface area contributed by atoms with E-state index in [0.29, 0.717) is 5.92 Å². The third-order valence-electron chi connectivity index (χ3n) is 2.49. The van der Waals surface area contributed by atoms with E-state index in [-0.39, 0.29) is 59.1 Å². The number of hydrogen-bond donors (Lipinski definition) is 1. The van der Waals surface area contributed by atoms with Gasteiger partial charge in [0, 0.05) is 59.1 Å². The zero-order valence-electron chi connectivity index (χ0n) is 11.5. The molecule has 1 atom stereocenters. The van der Waals surface area contributed by atoms with Gasteiger partial charge in [0.2, 0.25) is 0 Å². The van der Waals surface area contributed by atoms with Crippen molar-refractivity contribution in [2.75, 3.05) is 0 Å². The molecule has 1 rings (SSSR count). The fourth-order valence-electron chi connectivity index (χ4n) is 1.56. The van der Waals surface area contributed by atoms with Crippen LogP contribution in [0, 0.1) is 5.92 Å². The summed E-state index contributed by atoms with van der Waals surface area (Å²) >= 11 is 0. The molecule has 0 aromatic heterocycles. The monoisotopic (exact) mass is 252 g/mol. The largest absolute Gasteiger partial charge is 0.481 e. The fourth-order valence-corrected chi connectivity index (χ4v) is 1.56. The normalized spacial score (nSPS) is 11.3. The van der Waals surface area contributed by atoms with Crippen LogP contribution in [-0.4, -0.2) is 70.2 Å². The topological polar surface area (TPSA) is 37.3 Å². The smallest absolute Gasteiger partial charge is 0.310 e. The minimum absolute atomic E-state index is 0. The third-order valence-corrected chi connectivity index (χ3v) is 2.49. The van der Waals surface area contributed by atoms with Crippen molar-refractivity contribution in [1.29, 1.82) is 0 Å². The van der Waals surface area contributed by atoms with Crippen molar-refractivity contribution in [1.82, 2.24) is 0 Å². The Hall–Kier alpha value is 0.690. The van der Waals surface area contributed by atoms with E-state index < -0.39 is 11.9 Å². The molecule has 2 radical (unpaired) electrons. The Morgan fingerprint density at radius 3 is 1.94 bits per heavy atom. The number of carbonyl (C=O) groups is 1. The Morgan fingerprint density at radius 1 is 1.12 bits per heavy atom. The van der Waals surface area contributed by atoms with E-state index in [2.05, 4.69) is 13.8 Å². The molecule has 4 heteroatoms. The van der Waals surface area contributed by atoms with Crippen LogP contribution < -0.4 is 0 Å². The number of rotatable bonds is 4. The predicted molar refractivity (Wildman–Crippen MR) is 72.5 cm³/mol. The molecule has 0 aliphatic heterocycles. The van der Waals surface area contributed by atoms with Gasteiger partial charge >= 0.3 is 5.97 Å². The Labute approximate surface area is 148 Å². The first-order valence-corrected chi connectivity index (χ1v) is 5.32. The van der Waals surface area contributed by atoms with Crippen LogP contribution in [0.5, 0.6) is 0 Å². The van der Waals surface area contributed by atoms with E-state index >= 15 is 0 Å². The first kappa shape index (κ1) is 20.0. The van der Waals surface area contributed by atoms with E-state index in [1.165, 1.54) is 5.56 Å². The van der Waals surface area contributed by atoms with Gasteiger partial charge in [0.25, 0.3) is 0 Å². The molecule has 0 amide bonds. The molecule has 0 spiro atoms. The molecular formula is C13H18Na2O2. The van der Waals surface area contributed by atoms with Gasteiger partial charge in [-0.15, -0.1) is 0 Å². The number of aliphatic carboxylic acids is 1. The fraction of sp³-hybridized carbons (Fsp3) is 0.462. The molecule has 1 N–H and O–H groups in total. The molecule has 0 saturated carbocycles. The van der Waals surface area contributed by atoms with Crippen LogP contribution >= 0.6 is 0 Å². The van der Waals surface area contributed by atoms with Gasteiger partial charge in [-0.2, -0.15) is 0 Å². The molecule has 0 saturated heterocycles. The summed E-state index contributed by atoms with van der Waals surface area (Å²) in [5, 5.41) is 8.85. The van der Waals surface area contributed by atoms with Crippen LogP contribution in [0.15, 0.2) is 24.3 Å². The number of carboxylic acids is 1. The SMILES string of the molecule is CC(C)Cc1ccc(C(C)C(=O)O)cc1.[Na].[Na]. The maximum Gasteiger partial charge on any atom is 0.310 e. The Bertz CT molecular complexity index is 334. The molecule has 0 aliphatic carbocycles. The van der Waals surface area contributed by atoms with Crippen LogP contribution in [-0.2, 0) is 11.2 Å². The van der Waals surface area contributed by atoms with Gasteiger partial charge in [0.1, 0.15) is 0 Å². The molecule has 0 bridgehead atoms. The van der Waals surface area contributed by atoms with Crippen molar-refractivity contribution in [3.05, 3.63) is 35.4 Å². The van der Waals surface area contributed by atoms with Gasteiger partial charge in [-0.05, 0) is 30.4 Å². The molecule has 0 aliphatic rings. The van der Waals surface area contributed by atoms with Gasteiger partial charge < -0.3 is 5.11 Å². The summed E-state index contributed by atoms with van der Waals surface area (Å²) in [6, 6.07) is 7.87. The van der Waals surface area contributed by atoms with Gasteiger partial charge in [-0.3, -0.25) is 4.79 Å². The zero-order chi connectivity index (χ0) is 11.4. The second kappa shape index (κ2) is 9.60. The van der Waals surface area contributed by atoms with Gasteiger partial charge in [-0.1, -0.05) is 38.1 Å². The van der Waals surface area contributed by atoms with E-state index in [9.17, 15) is 4.79 Å². The Balaban J connectivity index is 0. The van der Waals surface area contributed by atoms with Crippen molar-refractivity contribution in [3.8, 4) is 0 Å². The average molecular weight is 252 g/mol. The standard InChI is InChI=1S/C13H18O2.2Na/c1-9(2)8-11-4-6-12(7-5-11)10(3)13(14)15;;/h4-7,9-10H,8H2,1-3H3,(H,14,15);;. The van der Waals surface area contributed by atoms with Crippen molar-refractivity contribution in [2.24, 2.45) is 5.92 Å². The average Bonchev–Trinajstić information content (AvgIpc) is 2.17. The number of carboxylic acid groups (broad SMARTS) is 1. The molecule has 2 nitrogen and oxygen atoms in total. The predicted octanol–water partition coefficient (Wildman–Crippen LogP) is 2.31. The summed E-state index contributed by atoms with van der Waals surface area (Å²) in [7, 11) is 0. The Morgan fingerprint density at radius 2 is 1.59 bits per heavy atom. The minimum Gasteiger partial charge on any atom is -0.481 e. The van der Waals surface area contributed by atoms with Crippen LogP contribution in [0.4, 0.5) is 0 Å². The minimum atomic E-state index is -0.772. The Kier molecular flexibility index (Phi) is 11.3. The van der Waals surface area contributed by atoms with Gasteiger partial charge in [0.15, 0.2) is 0 Å². The summed E-state index contributed by atoms with van der Waals surface area (Å²) < 4.78 is 0. The van der Waals surface area contributed by atoms with E-state index in [1.54, 1.807) is 6.92 Å². The molecule has 0 fully saturated rings. The van der Waals surface area contributed by atoms with Crippen molar-refractivity contribution in [3.63, 3.8) is 0 Å². The molecule has 0 heterocycles. The van der Waals surface area contributed by atoms with E-state index in [4.69, 9.17) is 5.11 Å². The van der Waals surface area contributed by atoms with E-state index in [0.717, 1.165) is 12.0 Å². The summed E-state index contributed by atoms with van der Waals surface area (Å²) in [6.45, 7) is 6.06. The third kappa shape index (κ3) is 7.00. The van der Waals surface area contributed by atoms with Crippen molar-refractivity contribution >= 4 is 65.1 Å². The van der Waals surface area contributed by atoms with Crippen LogP contribution in [0.1, 0.15) is 37.8 Å². The molecule has 1 aromatic rings. The van der Waals surface area contributed by atoms with E-state index in [1.807, 2.05) is 24.3 Å². The van der Waals surface area contributed by atoms with Crippen molar-refractivity contribution in [2.45, 2.75) is 33.1 Å². The molecule has 84 valence electrons. The first-order valence-electron chi connectivity index (χ1n) is 5.32. The van der Waals surface area contributed by atoms with Crippen LogP contribution in [0.3, 0.4) is 0 Å². The summed E-state index contributed by atoms with van der Waals surface area (Å²) in [4.78, 5) is 10.8. The summed E-state index contributed by atoms with van der Waals surface area (Å²) in [6.07, 6.45) is 1.04. The summed E-state index contributed by atoms with van der Waals surface area (Å²) in [5.74, 6) is -0.558. The molecule has 17 heavy (non-hydrogen) atoms. The zero-order valence-corrected chi connectivity index (χ0v) is 15.5. The van der Waals surface area contributed by atoms with Gasteiger partial charge in [-0.25, -0.2) is 0 Å². The van der Waals surface area contributed by atoms with Gasteiger partial charge in [0.05, 0.1) is 5.92 Å². The second-order valence-electron chi connectivity index (χ2n) is 4.40. The maximum absolute atomic E-state index is 10.8. The summed E-state index contributed by atoms with van der Waals surface area (Å²) in [5.41, 5.74) is 2.14. The molecular weight excluding hydrogens is 234 g/mol. The second-order valence-corrected chi connectivity index (χ2v) is 4.40. The van der Waals surface area contributed by atoms with Crippen LogP contribution in [0.2, 0.25) is 0 Å². The van der Waals surface area contributed by atoms with Crippen molar-refractivity contribution < 1.29 is 9.90 Å². The quantitative estimate of drug-likeness (QED) is 0.835. The van der Waals surface area contributed by atoms with Crippen LogP contribution in [0.25, 0.3) is 0 Å². The molecule has 1 aromatic carbocycles. The molecule has 1 unspecified atom stereocenters. The number of hydrogen-bond acceptors (Lipinski definition) is 1. The number of benzene rings is 1.